The highest BCUT2D eigenvalue weighted by Gasteiger charge is 2.33. The van der Waals surface area contributed by atoms with E-state index in [9.17, 15) is 13.2 Å². The van der Waals surface area contributed by atoms with Crippen LogP contribution in [-0.4, -0.2) is 13.1 Å². The zero-order chi connectivity index (χ0) is 18.7. The molecule has 140 valence electrons. The summed E-state index contributed by atoms with van der Waals surface area (Å²) in [5.74, 6) is 0.259. The Balaban J connectivity index is 1.64. The average Bonchev–Trinajstić information content (AvgIpc) is 3.05. The molecule has 6 heteroatoms. The normalized spacial score (nSPS) is 20.5. The van der Waals surface area contributed by atoms with Gasteiger partial charge >= 0.3 is 6.18 Å². The van der Waals surface area contributed by atoms with Crippen molar-refractivity contribution in [3.63, 3.8) is 0 Å². The summed E-state index contributed by atoms with van der Waals surface area (Å²) < 4.78 is 39.2. The first-order chi connectivity index (χ1) is 12.4. The Morgan fingerprint density at radius 2 is 1.85 bits per heavy atom. The van der Waals surface area contributed by atoms with Crippen molar-refractivity contribution in [3.05, 3.63) is 70.3 Å². The number of hydrazine groups is 1. The molecule has 0 aliphatic carbocycles. The van der Waals surface area contributed by atoms with E-state index in [1.54, 1.807) is 6.07 Å². The first-order valence-electron chi connectivity index (χ1n) is 8.77. The number of alkyl halides is 3. The zero-order valence-electron chi connectivity index (χ0n) is 15.0. The van der Waals surface area contributed by atoms with Crippen LogP contribution in [0.1, 0.15) is 33.9 Å². The van der Waals surface area contributed by atoms with Gasteiger partial charge in [-0.15, -0.1) is 0 Å². The van der Waals surface area contributed by atoms with Gasteiger partial charge in [-0.3, -0.25) is 5.43 Å². The third-order valence-corrected chi connectivity index (χ3v) is 5.03. The third-order valence-electron chi connectivity index (χ3n) is 5.03. The van der Waals surface area contributed by atoms with Crippen LogP contribution in [0.25, 0.3) is 0 Å². The van der Waals surface area contributed by atoms with E-state index in [0.717, 1.165) is 12.6 Å². The predicted molar refractivity (Wildman–Crippen MR) is 96.4 cm³/mol. The Morgan fingerprint density at radius 3 is 2.58 bits per heavy atom. The monoisotopic (exact) mass is 363 g/mol. The fourth-order valence-corrected chi connectivity index (χ4v) is 3.38. The standard InChI is InChI=1S/C20H24F3N3/c1-13-7-8-15(9-14(13)2)19-17(12-25-26-19)11-24-10-16-5-3-4-6-18(16)20(21,22)23/h3-9,17,19,24-26H,10-12H2,1-2H3. The SMILES string of the molecule is Cc1ccc(C2NNCC2CNCc2ccccc2C(F)(F)F)cc1C. The van der Waals surface area contributed by atoms with Gasteiger partial charge in [-0.05, 0) is 42.2 Å². The van der Waals surface area contributed by atoms with Gasteiger partial charge < -0.3 is 5.32 Å². The maximum absolute atomic E-state index is 13.1. The molecule has 0 aromatic heterocycles. The fourth-order valence-electron chi connectivity index (χ4n) is 3.38. The van der Waals surface area contributed by atoms with E-state index >= 15 is 0 Å². The molecule has 0 bridgehead atoms. The maximum Gasteiger partial charge on any atom is 0.416 e. The summed E-state index contributed by atoms with van der Waals surface area (Å²) >= 11 is 0. The first kappa shape index (κ1) is 18.9. The molecule has 0 radical (unpaired) electrons. The summed E-state index contributed by atoms with van der Waals surface area (Å²) in [6.45, 7) is 5.76. The number of nitrogens with one attached hydrogen (secondary N) is 3. The lowest BCUT2D eigenvalue weighted by Gasteiger charge is -2.21. The Kier molecular flexibility index (Phi) is 5.65. The second kappa shape index (κ2) is 7.78. The highest BCUT2D eigenvalue weighted by Crippen LogP contribution is 2.32. The van der Waals surface area contributed by atoms with E-state index < -0.39 is 11.7 Å². The summed E-state index contributed by atoms with van der Waals surface area (Å²) in [5.41, 5.74) is 9.85. The summed E-state index contributed by atoms with van der Waals surface area (Å²) in [7, 11) is 0. The number of hydrogen-bond acceptors (Lipinski definition) is 3. The van der Waals surface area contributed by atoms with E-state index in [-0.39, 0.29) is 24.1 Å². The molecular formula is C20H24F3N3. The van der Waals surface area contributed by atoms with Gasteiger partial charge in [0.25, 0.3) is 0 Å². The van der Waals surface area contributed by atoms with Crippen molar-refractivity contribution in [1.82, 2.24) is 16.2 Å². The van der Waals surface area contributed by atoms with Gasteiger partial charge in [-0.25, -0.2) is 5.43 Å². The highest BCUT2D eigenvalue weighted by atomic mass is 19.4. The van der Waals surface area contributed by atoms with Crippen molar-refractivity contribution in [3.8, 4) is 0 Å². The second-order valence-corrected chi connectivity index (χ2v) is 6.89. The molecule has 3 nitrogen and oxygen atoms in total. The summed E-state index contributed by atoms with van der Waals surface area (Å²) in [5, 5.41) is 3.20. The summed E-state index contributed by atoms with van der Waals surface area (Å²) in [6, 6.07) is 12.3. The van der Waals surface area contributed by atoms with Crippen molar-refractivity contribution in [1.29, 1.82) is 0 Å². The molecule has 2 aromatic rings. The van der Waals surface area contributed by atoms with Gasteiger partial charge in [0.05, 0.1) is 11.6 Å². The first-order valence-corrected chi connectivity index (χ1v) is 8.77. The van der Waals surface area contributed by atoms with E-state index in [4.69, 9.17) is 0 Å². The summed E-state index contributed by atoms with van der Waals surface area (Å²) in [6.07, 6.45) is -4.32. The van der Waals surface area contributed by atoms with Crippen molar-refractivity contribution in [2.24, 2.45) is 5.92 Å². The molecule has 0 spiro atoms. The number of benzene rings is 2. The minimum absolute atomic E-state index is 0.139. The van der Waals surface area contributed by atoms with E-state index in [1.165, 1.54) is 28.8 Å². The zero-order valence-corrected chi connectivity index (χ0v) is 15.0. The van der Waals surface area contributed by atoms with Crippen LogP contribution in [0.5, 0.6) is 0 Å². The lowest BCUT2D eigenvalue weighted by molar-refractivity contribution is -0.138. The van der Waals surface area contributed by atoms with Crippen LogP contribution in [0.3, 0.4) is 0 Å². The molecule has 2 aromatic carbocycles. The molecule has 0 amide bonds. The van der Waals surface area contributed by atoms with E-state index in [0.29, 0.717) is 6.54 Å². The Hall–Kier alpha value is -1.89. The quantitative estimate of drug-likeness (QED) is 0.755. The van der Waals surface area contributed by atoms with Gasteiger partial charge in [-0.2, -0.15) is 13.2 Å². The Morgan fingerprint density at radius 1 is 1.08 bits per heavy atom. The average molecular weight is 363 g/mol. The third kappa shape index (κ3) is 4.26. The van der Waals surface area contributed by atoms with Crippen LogP contribution >= 0.6 is 0 Å². The fraction of sp³-hybridized carbons (Fsp3) is 0.400. The lowest BCUT2D eigenvalue weighted by atomic mass is 9.92. The van der Waals surface area contributed by atoms with Gasteiger partial charge in [0.1, 0.15) is 0 Å². The molecule has 3 N–H and O–H groups in total. The largest absolute Gasteiger partial charge is 0.416 e. The molecule has 1 aliphatic rings. The molecule has 1 fully saturated rings. The van der Waals surface area contributed by atoms with Crippen LogP contribution in [0.2, 0.25) is 0 Å². The number of rotatable bonds is 5. The number of hydrogen-bond donors (Lipinski definition) is 3. The Labute approximate surface area is 152 Å². The van der Waals surface area contributed by atoms with Crippen LogP contribution in [-0.2, 0) is 12.7 Å². The van der Waals surface area contributed by atoms with Crippen LogP contribution in [0, 0.1) is 19.8 Å². The highest BCUT2D eigenvalue weighted by molar-refractivity contribution is 5.32. The number of halogens is 3. The topological polar surface area (TPSA) is 36.1 Å². The van der Waals surface area contributed by atoms with Crippen molar-refractivity contribution < 1.29 is 13.2 Å². The molecule has 2 unspecified atom stereocenters. The van der Waals surface area contributed by atoms with Crippen LogP contribution < -0.4 is 16.2 Å². The molecule has 0 saturated carbocycles. The molecule has 3 rings (SSSR count). The smallest absolute Gasteiger partial charge is 0.312 e. The van der Waals surface area contributed by atoms with E-state index in [2.05, 4.69) is 48.2 Å². The second-order valence-electron chi connectivity index (χ2n) is 6.89. The molecule has 1 saturated heterocycles. The van der Waals surface area contributed by atoms with E-state index in [1.807, 2.05) is 0 Å². The number of aryl methyl sites for hydroxylation is 2. The minimum Gasteiger partial charge on any atom is -0.312 e. The minimum atomic E-state index is -4.32. The molecule has 1 heterocycles. The molecular weight excluding hydrogens is 339 g/mol. The van der Waals surface area contributed by atoms with Gasteiger partial charge in [-0.1, -0.05) is 36.4 Å². The predicted octanol–water partition coefficient (Wildman–Crippen LogP) is 3.88. The molecule has 2 atom stereocenters. The Bertz CT molecular complexity index is 758. The van der Waals surface area contributed by atoms with Crippen LogP contribution in [0.4, 0.5) is 13.2 Å². The molecule has 26 heavy (non-hydrogen) atoms. The summed E-state index contributed by atoms with van der Waals surface area (Å²) in [4.78, 5) is 0. The maximum atomic E-state index is 13.1. The van der Waals surface area contributed by atoms with Crippen LogP contribution in [0.15, 0.2) is 42.5 Å². The van der Waals surface area contributed by atoms with Gasteiger partial charge in [0, 0.05) is 25.6 Å². The van der Waals surface area contributed by atoms with Crippen molar-refractivity contribution >= 4 is 0 Å². The molecule has 1 aliphatic heterocycles. The van der Waals surface area contributed by atoms with Gasteiger partial charge in [0.2, 0.25) is 0 Å². The van der Waals surface area contributed by atoms with Crippen molar-refractivity contribution in [2.75, 3.05) is 13.1 Å². The lowest BCUT2D eigenvalue weighted by Crippen LogP contribution is -2.29. The van der Waals surface area contributed by atoms with Crippen molar-refractivity contribution in [2.45, 2.75) is 32.6 Å². The van der Waals surface area contributed by atoms with Gasteiger partial charge in [0.15, 0.2) is 0 Å².